The van der Waals surface area contributed by atoms with Crippen molar-refractivity contribution < 1.29 is 14.5 Å². The molecule has 7 nitrogen and oxygen atoms in total. The minimum Gasteiger partial charge on any atom is -0.444 e. The van der Waals surface area contributed by atoms with Crippen LogP contribution in [0.5, 0.6) is 0 Å². The molecule has 1 rings (SSSR count). The maximum Gasteiger partial charge on any atom is 0.407 e. The summed E-state index contributed by atoms with van der Waals surface area (Å²) < 4.78 is 5.85. The highest BCUT2D eigenvalue weighted by atomic mass is 79.9. The van der Waals surface area contributed by atoms with Crippen molar-refractivity contribution in [2.24, 2.45) is 0 Å². The van der Waals surface area contributed by atoms with Crippen LogP contribution in [0.1, 0.15) is 27.7 Å². The number of nitro groups is 1. The van der Waals surface area contributed by atoms with Gasteiger partial charge in [-0.1, -0.05) is 0 Å². The highest BCUT2D eigenvalue weighted by molar-refractivity contribution is 9.10. The summed E-state index contributed by atoms with van der Waals surface area (Å²) in [4.78, 5) is 21.9. The third-order valence-corrected chi connectivity index (χ3v) is 3.21. The first-order chi connectivity index (χ1) is 10.1. The van der Waals surface area contributed by atoms with Crippen molar-refractivity contribution in [2.75, 3.05) is 11.9 Å². The van der Waals surface area contributed by atoms with Gasteiger partial charge >= 0.3 is 6.09 Å². The normalized spacial score (nSPS) is 12.4. The lowest BCUT2D eigenvalue weighted by atomic mass is 10.2. The largest absolute Gasteiger partial charge is 0.444 e. The number of benzene rings is 1. The summed E-state index contributed by atoms with van der Waals surface area (Å²) in [6, 6.07) is 4.33. The number of carbonyl (C=O) groups is 1. The number of nitro benzene ring substituents is 1. The Bertz CT molecular complexity index is 558. The van der Waals surface area contributed by atoms with Crippen LogP contribution in [-0.4, -0.2) is 29.2 Å². The van der Waals surface area contributed by atoms with Crippen molar-refractivity contribution in [1.29, 1.82) is 0 Å². The molecule has 0 aliphatic heterocycles. The number of anilines is 1. The third-order valence-electron chi connectivity index (χ3n) is 2.51. The molecule has 0 aromatic heterocycles. The fourth-order valence-corrected chi connectivity index (χ4v) is 1.97. The standard InChI is InChI=1S/C14H20BrN3O4/c1-9(8-16-13(19)22-14(2,3)4)17-12-7-10(18(20)21)5-6-11(12)15/h5-7,9,17H,8H2,1-4H3,(H,16,19). The third kappa shape index (κ3) is 6.30. The zero-order chi connectivity index (χ0) is 16.9. The number of rotatable bonds is 5. The average Bonchev–Trinajstić information content (AvgIpc) is 2.36. The molecular formula is C14H20BrN3O4. The van der Waals surface area contributed by atoms with Gasteiger partial charge in [-0.25, -0.2) is 4.79 Å². The topological polar surface area (TPSA) is 93.5 Å². The summed E-state index contributed by atoms with van der Waals surface area (Å²) in [7, 11) is 0. The first-order valence-electron chi connectivity index (χ1n) is 6.76. The summed E-state index contributed by atoms with van der Waals surface area (Å²) in [5, 5.41) is 16.5. The SMILES string of the molecule is CC(CNC(=O)OC(C)(C)C)Nc1cc([N+](=O)[O-])ccc1Br. The molecule has 0 fully saturated rings. The molecular weight excluding hydrogens is 354 g/mol. The molecule has 1 amide bonds. The minimum atomic E-state index is -0.552. The van der Waals surface area contributed by atoms with Gasteiger partial charge < -0.3 is 15.4 Å². The van der Waals surface area contributed by atoms with E-state index < -0.39 is 16.6 Å². The molecule has 0 saturated carbocycles. The molecule has 0 spiro atoms. The second-order valence-electron chi connectivity index (χ2n) is 5.85. The van der Waals surface area contributed by atoms with Gasteiger partial charge in [-0.15, -0.1) is 0 Å². The number of hydrogen-bond acceptors (Lipinski definition) is 5. The number of amides is 1. The summed E-state index contributed by atoms with van der Waals surface area (Å²) in [6.45, 7) is 7.53. The molecule has 0 bridgehead atoms. The van der Waals surface area contributed by atoms with Crippen LogP contribution in [0.3, 0.4) is 0 Å². The second-order valence-corrected chi connectivity index (χ2v) is 6.70. The van der Waals surface area contributed by atoms with E-state index in [-0.39, 0.29) is 11.7 Å². The molecule has 8 heteroatoms. The number of ether oxygens (including phenoxy) is 1. The minimum absolute atomic E-state index is 0.00185. The van der Waals surface area contributed by atoms with E-state index in [4.69, 9.17) is 4.74 Å². The number of hydrogen-bond donors (Lipinski definition) is 2. The number of carbonyl (C=O) groups excluding carboxylic acids is 1. The van der Waals surface area contributed by atoms with Gasteiger partial charge in [0, 0.05) is 29.2 Å². The first kappa shape index (κ1) is 18.2. The van der Waals surface area contributed by atoms with Crippen LogP contribution >= 0.6 is 15.9 Å². The van der Waals surface area contributed by atoms with E-state index in [1.54, 1.807) is 26.8 Å². The van der Waals surface area contributed by atoms with Gasteiger partial charge in [0.05, 0.1) is 10.6 Å². The Balaban J connectivity index is 2.58. The van der Waals surface area contributed by atoms with Crippen molar-refractivity contribution >= 4 is 33.4 Å². The molecule has 1 atom stereocenters. The van der Waals surface area contributed by atoms with E-state index in [0.717, 1.165) is 0 Å². The smallest absolute Gasteiger partial charge is 0.407 e. The molecule has 0 aliphatic carbocycles. The predicted molar refractivity (Wildman–Crippen MR) is 88.1 cm³/mol. The van der Waals surface area contributed by atoms with Crippen LogP contribution < -0.4 is 10.6 Å². The summed E-state index contributed by atoms with van der Waals surface area (Å²) in [5.74, 6) is 0. The Morgan fingerprint density at radius 2 is 2.09 bits per heavy atom. The monoisotopic (exact) mass is 373 g/mol. The Kier molecular flexibility index (Phi) is 6.16. The van der Waals surface area contributed by atoms with Gasteiger partial charge in [0.15, 0.2) is 0 Å². The fraction of sp³-hybridized carbons (Fsp3) is 0.500. The van der Waals surface area contributed by atoms with Gasteiger partial charge in [0.1, 0.15) is 5.60 Å². The highest BCUT2D eigenvalue weighted by Gasteiger charge is 2.17. The van der Waals surface area contributed by atoms with Crippen LogP contribution in [-0.2, 0) is 4.74 Å². The predicted octanol–water partition coefficient (Wildman–Crippen LogP) is 3.68. The van der Waals surface area contributed by atoms with Crippen LogP contribution in [0.2, 0.25) is 0 Å². The Labute approximate surface area is 137 Å². The number of nitrogens with one attached hydrogen (secondary N) is 2. The zero-order valence-corrected chi connectivity index (χ0v) is 14.6. The molecule has 1 aromatic rings. The second kappa shape index (κ2) is 7.44. The van der Waals surface area contributed by atoms with Gasteiger partial charge in [-0.3, -0.25) is 10.1 Å². The Hall–Kier alpha value is -1.83. The maximum absolute atomic E-state index is 11.6. The van der Waals surface area contributed by atoms with Gasteiger partial charge in [0.25, 0.3) is 5.69 Å². The Morgan fingerprint density at radius 3 is 2.64 bits per heavy atom. The molecule has 0 aliphatic rings. The Morgan fingerprint density at radius 1 is 1.45 bits per heavy atom. The quantitative estimate of drug-likeness (QED) is 0.606. The fourth-order valence-electron chi connectivity index (χ4n) is 1.60. The molecule has 22 heavy (non-hydrogen) atoms. The van der Waals surface area contributed by atoms with E-state index in [1.807, 2.05) is 6.92 Å². The van der Waals surface area contributed by atoms with Crippen molar-refractivity contribution in [3.05, 3.63) is 32.8 Å². The highest BCUT2D eigenvalue weighted by Crippen LogP contribution is 2.27. The van der Waals surface area contributed by atoms with E-state index >= 15 is 0 Å². The van der Waals surface area contributed by atoms with Crippen LogP contribution in [0, 0.1) is 10.1 Å². The van der Waals surface area contributed by atoms with Crippen LogP contribution in [0.4, 0.5) is 16.2 Å². The number of non-ortho nitro benzene ring substituents is 1. The summed E-state index contributed by atoms with van der Waals surface area (Å²) in [6.07, 6.45) is -0.501. The lowest BCUT2D eigenvalue weighted by Gasteiger charge is -2.21. The van der Waals surface area contributed by atoms with Gasteiger partial charge in [0.2, 0.25) is 0 Å². The molecule has 1 unspecified atom stereocenters. The molecule has 0 radical (unpaired) electrons. The zero-order valence-electron chi connectivity index (χ0n) is 13.0. The molecule has 1 aromatic carbocycles. The van der Waals surface area contributed by atoms with Gasteiger partial charge in [-0.05, 0) is 49.7 Å². The number of nitrogens with zero attached hydrogens (tertiary/aromatic N) is 1. The van der Waals surface area contributed by atoms with Crippen molar-refractivity contribution in [2.45, 2.75) is 39.3 Å². The summed E-state index contributed by atoms with van der Waals surface area (Å²) >= 11 is 3.33. The average molecular weight is 374 g/mol. The van der Waals surface area contributed by atoms with Crippen LogP contribution in [0.15, 0.2) is 22.7 Å². The van der Waals surface area contributed by atoms with Gasteiger partial charge in [-0.2, -0.15) is 0 Å². The van der Waals surface area contributed by atoms with E-state index in [2.05, 4.69) is 26.6 Å². The van der Waals surface area contributed by atoms with E-state index in [1.165, 1.54) is 12.1 Å². The van der Waals surface area contributed by atoms with Crippen molar-refractivity contribution in [1.82, 2.24) is 5.32 Å². The molecule has 0 heterocycles. The van der Waals surface area contributed by atoms with Crippen LogP contribution in [0.25, 0.3) is 0 Å². The first-order valence-corrected chi connectivity index (χ1v) is 7.55. The molecule has 0 saturated heterocycles. The number of alkyl carbamates (subject to hydrolysis) is 1. The lowest BCUT2D eigenvalue weighted by Crippen LogP contribution is -2.38. The van der Waals surface area contributed by atoms with Crippen molar-refractivity contribution in [3.8, 4) is 0 Å². The number of halogens is 1. The molecule has 122 valence electrons. The molecule has 2 N–H and O–H groups in total. The lowest BCUT2D eigenvalue weighted by molar-refractivity contribution is -0.384. The summed E-state index contributed by atoms with van der Waals surface area (Å²) in [5.41, 5.74) is 0.0368. The maximum atomic E-state index is 11.6. The van der Waals surface area contributed by atoms with E-state index in [9.17, 15) is 14.9 Å². The van der Waals surface area contributed by atoms with E-state index in [0.29, 0.717) is 16.7 Å². The van der Waals surface area contributed by atoms with Crippen molar-refractivity contribution in [3.63, 3.8) is 0 Å².